The lowest BCUT2D eigenvalue weighted by atomic mass is 9.95. The molecule has 0 heterocycles. The molecule has 1 aromatic carbocycles. The Labute approximate surface area is 153 Å². The summed E-state index contributed by atoms with van der Waals surface area (Å²) in [5.41, 5.74) is 8.03. The molecule has 2 rings (SSSR count). The molecule has 0 bridgehead atoms. The van der Waals surface area contributed by atoms with Crippen molar-refractivity contribution in [2.24, 2.45) is 17.6 Å². The second-order valence-corrected chi connectivity index (χ2v) is 7.95. The average molecular weight is 346 g/mol. The predicted octanol–water partition coefficient (Wildman–Crippen LogP) is 4.23. The summed E-state index contributed by atoms with van der Waals surface area (Å²) in [6.07, 6.45) is 5.48. The maximum absolute atomic E-state index is 12.8. The molecule has 4 N–H and O–H groups in total. The third-order valence-corrected chi connectivity index (χ3v) is 5.66. The smallest absolute Gasteiger partial charge is 0.242 e. The zero-order chi connectivity index (χ0) is 18.4. The highest BCUT2D eigenvalue weighted by atomic mass is 16.2. The highest BCUT2D eigenvalue weighted by molar-refractivity contribution is 5.85. The minimum atomic E-state index is -0.641. The fourth-order valence-electron chi connectivity index (χ4n) is 4.23. The fraction of sp³-hybridized carbons (Fsp3) is 0.667. The molecular weight excluding hydrogens is 310 g/mol. The van der Waals surface area contributed by atoms with E-state index in [2.05, 4.69) is 38.3 Å². The molecule has 0 radical (unpaired) electrons. The van der Waals surface area contributed by atoms with Gasteiger partial charge in [-0.3, -0.25) is 4.79 Å². The van der Waals surface area contributed by atoms with Crippen LogP contribution in [0.4, 0.5) is 5.69 Å². The Kier molecular flexibility index (Phi) is 6.88. The molecule has 140 valence electrons. The van der Waals surface area contributed by atoms with Crippen molar-refractivity contribution in [1.82, 2.24) is 5.32 Å². The molecular formula is C21H35N3O. The lowest BCUT2D eigenvalue weighted by Crippen LogP contribution is -2.48. The van der Waals surface area contributed by atoms with E-state index in [4.69, 9.17) is 5.73 Å². The van der Waals surface area contributed by atoms with Crippen molar-refractivity contribution in [1.29, 1.82) is 0 Å². The number of amides is 1. The fourth-order valence-corrected chi connectivity index (χ4v) is 4.23. The summed E-state index contributed by atoms with van der Waals surface area (Å²) in [4.78, 5) is 12.8. The quantitative estimate of drug-likeness (QED) is 0.618. The Hall–Kier alpha value is -1.55. The Morgan fingerprint density at radius 2 is 2.04 bits per heavy atom. The lowest BCUT2D eigenvalue weighted by Gasteiger charge is -2.28. The number of anilines is 1. The second kappa shape index (κ2) is 8.70. The molecule has 1 fully saturated rings. The third-order valence-electron chi connectivity index (χ3n) is 5.66. The highest BCUT2D eigenvalue weighted by Crippen LogP contribution is 2.40. The number of para-hydroxylation sites is 1. The van der Waals surface area contributed by atoms with E-state index in [0.29, 0.717) is 11.8 Å². The lowest BCUT2D eigenvalue weighted by molar-refractivity contribution is -0.124. The van der Waals surface area contributed by atoms with Gasteiger partial charge in [0.05, 0.1) is 0 Å². The molecule has 1 saturated carbocycles. The van der Waals surface area contributed by atoms with E-state index in [9.17, 15) is 4.79 Å². The van der Waals surface area contributed by atoms with Crippen molar-refractivity contribution in [2.75, 3.05) is 11.9 Å². The van der Waals surface area contributed by atoms with E-state index < -0.39 is 6.04 Å². The van der Waals surface area contributed by atoms with Crippen LogP contribution in [0.15, 0.2) is 24.3 Å². The summed E-state index contributed by atoms with van der Waals surface area (Å²) in [5.74, 6) is 1.26. The highest BCUT2D eigenvalue weighted by Gasteiger charge is 2.40. The molecule has 1 aliphatic rings. The first kappa shape index (κ1) is 19.8. The average Bonchev–Trinajstić information content (AvgIpc) is 2.88. The van der Waals surface area contributed by atoms with Crippen LogP contribution in [0, 0.1) is 11.8 Å². The number of rotatable bonds is 8. The molecule has 1 aromatic rings. The molecule has 4 unspecified atom stereocenters. The number of unbranched alkanes of at least 4 members (excludes halogenated alkanes) is 1. The Bertz CT molecular complexity index is 574. The number of hydrogen-bond acceptors (Lipinski definition) is 3. The molecule has 4 atom stereocenters. The molecule has 4 nitrogen and oxygen atoms in total. The van der Waals surface area contributed by atoms with Gasteiger partial charge in [0.2, 0.25) is 5.91 Å². The Morgan fingerprint density at radius 1 is 1.32 bits per heavy atom. The van der Waals surface area contributed by atoms with Crippen molar-refractivity contribution in [3.63, 3.8) is 0 Å². The maximum atomic E-state index is 12.8. The summed E-state index contributed by atoms with van der Waals surface area (Å²) in [6, 6.07) is 7.24. The molecule has 0 saturated heterocycles. The van der Waals surface area contributed by atoms with Gasteiger partial charge in [0, 0.05) is 23.3 Å². The van der Waals surface area contributed by atoms with Crippen molar-refractivity contribution in [2.45, 2.75) is 71.4 Å². The van der Waals surface area contributed by atoms with E-state index in [-0.39, 0.29) is 11.4 Å². The first-order chi connectivity index (χ1) is 11.9. The molecule has 0 aromatic heterocycles. The summed E-state index contributed by atoms with van der Waals surface area (Å²) in [5, 5.41) is 6.67. The normalized spacial score (nSPS) is 27.1. The van der Waals surface area contributed by atoms with Crippen LogP contribution >= 0.6 is 0 Å². The van der Waals surface area contributed by atoms with E-state index in [1.54, 1.807) is 0 Å². The largest absolute Gasteiger partial charge is 0.385 e. The third kappa shape index (κ3) is 4.97. The summed E-state index contributed by atoms with van der Waals surface area (Å²) >= 11 is 0. The van der Waals surface area contributed by atoms with Crippen LogP contribution in [-0.4, -0.2) is 18.0 Å². The van der Waals surface area contributed by atoms with Crippen molar-refractivity contribution in [3.05, 3.63) is 29.8 Å². The number of carbonyl (C=O) groups is 1. The number of hydrogen-bond donors (Lipinski definition) is 3. The van der Waals surface area contributed by atoms with Gasteiger partial charge in [0.25, 0.3) is 0 Å². The van der Waals surface area contributed by atoms with Crippen LogP contribution in [0.1, 0.15) is 71.4 Å². The first-order valence-corrected chi connectivity index (χ1v) is 9.80. The number of benzene rings is 1. The second-order valence-electron chi connectivity index (χ2n) is 7.95. The van der Waals surface area contributed by atoms with Crippen LogP contribution < -0.4 is 16.4 Å². The van der Waals surface area contributed by atoms with Gasteiger partial charge < -0.3 is 16.4 Å². The molecule has 1 amide bonds. The maximum Gasteiger partial charge on any atom is 0.242 e. The standard InChI is InChI=1S/C21H35N3O/c1-5-7-12-23-18-11-9-8-10-17(18)19(22)20(25)24-21(4)13-15(3)16(6-2)14-21/h8-11,15-16,19,23H,5-7,12-14,22H2,1-4H3,(H,24,25). The number of nitrogens with one attached hydrogen (secondary N) is 2. The zero-order valence-corrected chi connectivity index (χ0v) is 16.3. The molecule has 25 heavy (non-hydrogen) atoms. The van der Waals surface area contributed by atoms with Gasteiger partial charge in [-0.1, -0.05) is 51.8 Å². The van der Waals surface area contributed by atoms with Gasteiger partial charge >= 0.3 is 0 Å². The SMILES string of the molecule is CCCCNc1ccccc1C(N)C(=O)NC1(C)CC(C)C(CC)C1. The molecule has 0 aliphatic heterocycles. The summed E-state index contributed by atoms with van der Waals surface area (Å²) < 4.78 is 0. The van der Waals surface area contributed by atoms with E-state index >= 15 is 0 Å². The van der Waals surface area contributed by atoms with Gasteiger partial charge in [-0.05, 0) is 44.1 Å². The van der Waals surface area contributed by atoms with Gasteiger partial charge in [-0.2, -0.15) is 0 Å². The summed E-state index contributed by atoms with van der Waals surface area (Å²) in [6.45, 7) is 9.75. The molecule has 4 heteroatoms. The van der Waals surface area contributed by atoms with Gasteiger partial charge in [0.1, 0.15) is 6.04 Å². The van der Waals surface area contributed by atoms with E-state index in [1.807, 2.05) is 24.3 Å². The first-order valence-electron chi connectivity index (χ1n) is 9.80. The van der Waals surface area contributed by atoms with Gasteiger partial charge in [0.15, 0.2) is 0 Å². The van der Waals surface area contributed by atoms with E-state index in [0.717, 1.165) is 43.5 Å². The minimum absolute atomic E-state index is 0.0730. The van der Waals surface area contributed by atoms with Crippen LogP contribution in [0.3, 0.4) is 0 Å². The number of nitrogens with two attached hydrogens (primary N) is 1. The van der Waals surface area contributed by atoms with Crippen molar-refractivity contribution < 1.29 is 4.79 Å². The Balaban J connectivity index is 2.05. The summed E-state index contributed by atoms with van der Waals surface area (Å²) in [7, 11) is 0. The van der Waals surface area contributed by atoms with Crippen molar-refractivity contribution >= 4 is 11.6 Å². The van der Waals surface area contributed by atoms with Crippen LogP contribution in [0.5, 0.6) is 0 Å². The van der Waals surface area contributed by atoms with E-state index in [1.165, 1.54) is 6.42 Å². The molecule has 0 spiro atoms. The van der Waals surface area contributed by atoms with Gasteiger partial charge in [-0.25, -0.2) is 0 Å². The molecule has 1 aliphatic carbocycles. The Morgan fingerprint density at radius 3 is 2.68 bits per heavy atom. The zero-order valence-electron chi connectivity index (χ0n) is 16.3. The topological polar surface area (TPSA) is 67.1 Å². The monoisotopic (exact) mass is 345 g/mol. The van der Waals surface area contributed by atoms with Gasteiger partial charge in [-0.15, -0.1) is 0 Å². The van der Waals surface area contributed by atoms with Crippen LogP contribution in [0.25, 0.3) is 0 Å². The predicted molar refractivity (Wildman–Crippen MR) is 105 cm³/mol. The number of carbonyl (C=O) groups excluding carboxylic acids is 1. The minimum Gasteiger partial charge on any atom is -0.385 e. The van der Waals surface area contributed by atoms with Crippen molar-refractivity contribution in [3.8, 4) is 0 Å². The van der Waals surface area contributed by atoms with Crippen LogP contribution in [0.2, 0.25) is 0 Å². The van der Waals surface area contributed by atoms with Crippen LogP contribution in [-0.2, 0) is 4.79 Å².